The van der Waals surface area contributed by atoms with E-state index in [1.165, 1.54) is 0 Å². The molecule has 0 bridgehead atoms. The number of amides is 1. The highest BCUT2D eigenvalue weighted by atomic mass is 16.2. The Bertz CT molecular complexity index is 524. The molecular formula is C17H23NO2. The normalized spacial score (nSPS) is 11.7. The average Bonchev–Trinajstić information content (AvgIpc) is 2.34. The van der Waals surface area contributed by atoms with Gasteiger partial charge in [-0.05, 0) is 49.9 Å². The number of nitrogens with one attached hydrogen (secondary N) is 1. The summed E-state index contributed by atoms with van der Waals surface area (Å²) in [5.41, 5.74) is 2.35. The summed E-state index contributed by atoms with van der Waals surface area (Å²) in [5.74, 6) is 5.91. The Hall–Kier alpha value is -1.79. The van der Waals surface area contributed by atoms with E-state index < -0.39 is 0 Å². The maximum atomic E-state index is 12.2. The maximum Gasteiger partial charge on any atom is 0.251 e. The lowest BCUT2D eigenvalue weighted by Gasteiger charge is -2.16. The minimum absolute atomic E-state index is 0.0751. The number of hydrogen-bond donors (Lipinski definition) is 2. The molecule has 1 aromatic carbocycles. The van der Waals surface area contributed by atoms with Crippen molar-refractivity contribution < 1.29 is 9.90 Å². The van der Waals surface area contributed by atoms with Crippen LogP contribution in [0, 0.1) is 24.7 Å². The summed E-state index contributed by atoms with van der Waals surface area (Å²) in [6.07, 6.45) is 0.953. The third kappa shape index (κ3) is 5.46. The van der Waals surface area contributed by atoms with E-state index in [0.29, 0.717) is 11.5 Å². The van der Waals surface area contributed by atoms with Gasteiger partial charge in [-0.1, -0.05) is 25.7 Å². The quantitative estimate of drug-likeness (QED) is 0.828. The molecule has 0 aliphatic rings. The van der Waals surface area contributed by atoms with Crippen molar-refractivity contribution in [2.24, 2.45) is 5.92 Å². The third-order valence-corrected chi connectivity index (χ3v) is 2.85. The van der Waals surface area contributed by atoms with Crippen LogP contribution in [-0.4, -0.2) is 23.7 Å². The van der Waals surface area contributed by atoms with Crippen molar-refractivity contribution in [1.82, 2.24) is 5.32 Å². The molecule has 3 heteroatoms. The number of aliphatic hydroxyl groups is 1. The first kappa shape index (κ1) is 16.3. The molecule has 1 amide bonds. The van der Waals surface area contributed by atoms with Crippen molar-refractivity contribution in [3.63, 3.8) is 0 Å². The molecule has 108 valence electrons. The molecule has 0 aliphatic carbocycles. The first-order valence-electron chi connectivity index (χ1n) is 6.94. The van der Waals surface area contributed by atoms with Crippen LogP contribution >= 0.6 is 0 Å². The van der Waals surface area contributed by atoms with Crippen LogP contribution in [0.25, 0.3) is 0 Å². The Balaban J connectivity index is 2.84. The number of carbonyl (C=O) groups is 1. The topological polar surface area (TPSA) is 49.3 Å². The second kappa shape index (κ2) is 7.72. The molecule has 20 heavy (non-hydrogen) atoms. The largest absolute Gasteiger partial charge is 0.384 e. The van der Waals surface area contributed by atoms with Crippen molar-refractivity contribution in [2.45, 2.75) is 40.2 Å². The minimum atomic E-state index is -0.180. The molecule has 0 fully saturated rings. The van der Waals surface area contributed by atoms with Crippen molar-refractivity contribution >= 4 is 5.91 Å². The van der Waals surface area contributed by atoms with Crippen LogP contribution in [0.2, 0.25) is 0 Å². The predicted molar refractivity (Wildman–Crippen MR) is 81.5 cm³/mol. The third-order valence-electron chi connectivity index (χ3n) is 2.85. The van der Waals surface area contributed by atoms with E-state index in [2.05, 4.69) is 31.0 Å². The smallest absolute Gasteiger partial charge is 0.251 e. The molecular weight excluding hydrogens is 250 g/mol. The van der Waals surface area contributed by atoms with Gasteiger partial charge in [0, 0.05) is 17.2 Å². The summed E-state index contributed by atoms with van der Waals surface area (Å²) in [6.45, 7) is 8.04. The van der Waals surface area contributed by atoms with Gasteiger partial charge in [-0.3, -0.25) is 4.79 Å². The molecule has 1 unspecified atom stereocenters. The summed E-state index contributed by atoms with van der Waals surface area (Å²) < 4.78 is 0. The zero-order chi connectivity index (χ0) is 15.1. The van der Waals surface area contributed by atoms with Gasteiger partial charge in [-0.25, -0.2) is 0 Å². The van der Waals surface area contributed by atoms with E-state index in [0.717, 1.165) is 17.5 Å². The van der Waals surface area contributed by atoms with Gasteiger partial charge in [-0.15, -0.1) is 0 Å². The Kier molecular flexibility index (Phi) is 6.27. The van der Waals surface area contributed by atoms with E-state index in [1.54, 1.807) is 6.07 Å². The highest BCUT2D eigenvalue weighted by Crippen LogP contribution is 2.10. The van der Waals surface area contributed by atoms with Crippen LogP contribution in [0.3, 0.4) is 0 Å². The van der Waals surface area contributed by atoms with Gasteiger partial charge in [0.05, 0.1) is 0 Å². The molecule has 2 N–H and O–H groups in total. The Morgan fingerprint density at radius 2 is 2.00 bits per heavy atom. The number of hydrogen-bond acceptors (Lipinski definition) is 2. The summed E-state index contributed by atoms with van der Waals surface area (Å²) in [6, 6.07) is 5.65. The molecule has 3 nitrogen and oxygen atoms in total. The van der Waals surface area contributed by atoms with Crippen LogP contribution in [0.15, 0.2) is 18.2 Å². The summed E-state index contributed by atoms with van der Waals surface area (Å²) in [5, 5.41) is 11.7. The van der Waals surface area contributed by atoms with Crippen LogP contribution in [0.4, 0.5) is 0 Å². The van der Waals surface area contributed by atoms with Crippen LogP contribution in [0.1, 0.15) is 48.7 Å². The molecule has 1 aromatic rings. The van der Waals surface area contributed by atoms with E-state index in [1.807, 2.05) is 26.0 Å². The van der Waals surface area contributed by atoms with Gasteiger partial charge >= 0.3 is 0 Å². The highest BCUT2D eigenvalue weighted by molar-refractivity contribution is 5.95. The van der Waals surface area contributed by atoms with Crippen molar-refractivity contribution in [3.05, 3.63) is 34.9 Å². The Labute approximate surface area is 121 Å². The summed E-state index contributed by atoms with van der Waals surface area (Å²) >= 11 is 0. The monoisotopic (exact) mass is 273 g/mol. The highest BCUT2D eigenvalue weighted by Gasteiger charge is 2.11. The van der Waals surface area contributed by atoms with Crippen LogP contribution < -0.4 is 5.32 Å². The van der Waals surface area contributed by atoms with Gasteiger partial charge in [-0.2, -0.15) is 0 Å². The van der Waals surface area contributed by atoms with E-state index in [4.69, 9.17) is 5.11 Å². The van der Waals surface area contributed by atoms with E-state index in [-0.39, 0.29) is 18.6 Å². The standard InChI is InChI=1S/C17H23NO2/c1-12(2)8-14(4)18-17(20)16-10-13(3)9-15(11-16)6-5-7-19/h9-12,14,19H,7-8H2,1-4H3,(H,18,20). The maximum absolute atomic E-state index is 12.2. The van der Waals surface area contributed by atoms with Gasteiger partial charge in [0.2, 0.25) is 0 Å². The molecule has 1 atom stereocenters. The summed E-state index contributed by atoms with van der Waals surface area (Å²) in [7, 11) is 0. The molecule has 0 saturated carbocycles. The zero-order valence-electron chi connectivity index (χ0n) is 12.7. The Morgan fingerprint density at radius 1 is 1.30 bits per heavy atom. The van der Waals surface area contributed by atoms with Crippen molar-refractivity contribution in [2.75, 3.05) is 6.61 Å². The fraction of sp³-hybridized carbons (Fsp3) is 0.471. The number of aliphatic hydroxyl groups excluding tert-OH is 1. The first-order chi connectivity index (χ1) is 9.42. The number of benzene rings is 1. The zero-order valence-corrected chi connectivity index (χ0v) is 12.7. The lowest BCUT2D eigenvalue weighted by atomic mass is 10.0. The average molecular weight is 273 g/mol. The van der Waals surface area contributed by atoms with E-state index in [9.17, 15) is 4.79 Å². The van der Waals surface area contributed by atoms with Crippen LogP contribution in [0.5, 0.6) is 0 Å². The van der Waals surface area contributed by atoms with Crippen LogP contribution in [-0.2, 0) is 0 Å². The second-order valence-corrected chi connectivity index (χ2v) is 5.55. The van der Waals surface area contributed by atoms with Crippen molar-refractivity contribution in [3.8, 4) is 11.8 Å². The van der Waals surface area contributed by atoms with E-state index >= 15 is 0 Å². The number of carbonyl (C=O) groups excluding carboxylic acids is 1. The SMILES string of the molecule is Cc1cc(C#CCO)cc(C(=O)NC(C)CC(C)C)c1. The van der Waals surface area contributed by atoms with Gasteiger partial charge in [0.1, 0.15) is 6.61 Å². The van der Waals surface area contributed by atoms with Gasteiger partial charge in [0.15, 0.2) is 0 Å². The number of rotatable bonds is 4. The first-order valence-corrected chi connectivity index (χ1v) is 6.94. The summed E-state index contributed by atoms with van der Waals surface area (Å²) in [4.78, 5) is 12.2. The molecule has 0 aromatic heterocycles. The molecule has 1 rings (SSSR count). The lowest BCUT2D eigenvalue weighted by molar-refractivity contribution is 0.0936. The second-order valence-electron chi connectivity index (χ2n) is 5.55. The molecule has 0 heterocycles. The molecule has 0 spiro atoms. The lowest BCUT2D eigenvalue weighted by Crippen LogP contribution is -2.33. The fourth-order valence-corrected chi connectivity index (χ4v) is 2.20. The van der Waals surface area contributed by atoms with Gasteiger partial charge < -0.3 is 10.4 Å². The predicted octanol–water partition coefficient (Wildman–Crippen LogP) is 2.50. The minimum Gasteiger partial charge on any atom is -0.384 e. The molecule has 0 radical (unpaired) electrons. The van der Waals surface area contributed by atoms with Crippen molar-refractivity contribution in [1.29, 1.82) is 0 Å². The van der Waals surface area contributed by atoms with Gasteiger partial charge in [0.25, 0.3) is 5.91 Å². The fourth-order valence-electron chi connectivity index (χ4n) is 2.20. The Morgan fingerprint density at radius 3 is 2.60 bits per heavy atom. The number of aryl methyl sites for hydroxylation is 1. The molecule has 0 saturated heterocycles. The molecule has 0 aliphatic heterocycles.